The molecule has 114 valence electrons. The molecule has 21 heavy (non-hydrogen) atoms. The Kier molecular flexibility index (Phi) is 5.48. The quantitative estimate of drug-likeness (QED) is 0.864. The van der Waals surface area contributed by atoms with E-state index in [1.807, 2.05) is 0 Å². The Labute approximate surface area is 133 Å². The zero-order chi connectivity index (χ0) is 15.4. The van der Waals surface area contributed by atoms with Crippen molar-refractivity contribution in [2.24, 2.45) is 5.92 Å². The van der Waals surface area contributed by atoms with Crippen LogP contribution in [0.4, 0.5) is 0 Å². The lowest BCUT2D eigenvalue weighted by molar-refractivity contribution is -0.146. The minimum atomic E-state index is -0.194. The SMILES string of the molecule is COC(=O)C1CCC(NC(=O)c2cc(Cl)cc(Cl)c2)CC1. The summed E-state index contributed by atoms with van der Waals surface area (Å²) in [5.41, 5.74) is 0.447. The van der Waals surface area contributed by atoms with Gasteiger partial charge in [-0.15, -0.1) is 0 Å². The molecular weight excluding hydrogens is 313 g/mol. The van der Waals surface area contributed by atoms with E-state index in [1.54, 1.807) is 18.2 Å². The molecular formula is C15H17Cl2NO3. The van der Waals surface area contributed by atoms with Gasteiger partial charge in [0.2, 0.25) is 0 Å². The van der Waals surface area contributed by atoms with Crippen LogP contribution in [0.2, 0.25) is 10.0 Å². The lowest BCUT2D eigenvalue weighted by atomic mass is 9.86. The number of benzene rings is 1. The maximum atomic E-state index is 12.2. The van der Waals surface area contributed by atoms with Crippen LogP contribution in [0.1, 0.15) is 36.0 Å². The molecule has 1 saturated carbocycles. The van der Waals surface area contributed by atoms with E-state index >= 15 is 0 Å². The normalized spacial score (nSPS) is 21.7. The van der Waals surface area contributed by atoms with E-state index in [0.717, 1.165) is 25.7 Å². The minimum absolute atomic E-state index is 0.0521. The average Bonchev–Trinajstić information content (AvgIpc) is 2.46. The summed E-state index contributed by atoms with van der Waals surface area (Å²) in [6, 6.07) is 4.82. The molecule has 0 bridgehead atoms. The van der Waals surface area contributed by atoms with Gasteiger partial charge in [0.25, 0.3) is 5.91 Å². The number of hydrogen-bond acceptors (Lipinski definition) is 3. The molecule has 0 aromatic heterocycles. The fraction of sp³-hybridized carbons (Fsp3) is 0.467. The maximum absolute atomic E-state index is 12.2. The molecule has 0 atom stereocenters. The van der Waals surface area contributed by atoms with Gasteiger partial charge in [0.1, 0.15) is 0 Å². The highest BCUT2D eigenvalue weighted by atomic mass is 35.5. The first kappa shape index (κ1) is 16.1. The van der Waals surface area contributed by atoms with Crippen molar-refractivity contribution in [3.63, 3.8) is 0 Å². The van der Waals surface area contributed by atoms with Crippen molar-refractivity contribution in [2.75, 3.05) is 7.11 Å². The Morgan fingerprint density at radius 3 is 2.19 bits per heavy atom. The van der Waals surface area contributed by atoms with E-state index in [2.05, 4.69) is 5.32 Å². The van der Waals surface area contributed by atoms with Gasteiger partial charge in [-0.2, -0.15) is 0 Å². The van der Waals surface area contributed by atoms with Gasteiger partial charge in [0.15, 0.2) is 0 Å². The van der Waals surface area contributed by atoms with E-state index < -0.39 is 0 Å². The third-order valence-corrected chi connectivity index (χ3v) is 4.16. The molecule has 6 heteroatoms. The van der Waals surface area contributed by atoms with Crippen molar-refractivity contribution >= 4 is 35.1 Å². The molecule has 0 saturated heterocycles. The van der Waals surface area contributed by atoms with Crippen molar-refractivity contribution in [1.82, 2.24) is 5.32 Å². The first-order valence-corrected chi connectivity index (χ1v) is 7.60. The molecule has 1 aromatic rings. The van der Waals surface area contributed by atoms with Crippen molar-refractivity contribution in [3.05, 3.63) is 33.8 Å². The Morgan fingerprint density at radius 1 is 1.10 bits per heavy atom. The number of ether oxygens (including phenoxy) is 1. The highest BCUT2D eigenvalue weighted by Gasteiger charge is 2.27. The van der Waals surface area contributed by atoms with Crippen LogP contribution in [-0.4, -0.2) is 25.0 Å². The number of esters is 1. The summed E-state index contributed by atoms with van der Waals surface area (Å²) >= 11 is 11.8. The van der Waals surface area contributed by atoms with Crippen LogP contribution in [0.15, 0.2) is 18.2 Å². The average molecular weight is 330 g/mol. The van der Waals surface area contributed by atoms with Gasteiger partial charge < -0.3 is 10.1 Å². The molecule has 0 radical (unpaired) electrons. The Morgan fingerprint density at radius 2 is 1.67 bits per heavy atom. The van der Waals surface area contributed by atoms with E-state index in [-0.39, 0.29) is 23.8 Å². The number of halogens is 2. The Bertz CT molecular complexity index is 519. The topological polar surface area (TPSA) is 55.4 Å². The summed E-state index contributed by atoms with van der Waals surface area (Å²) in [7, 11) is 1.40. The third kappa shape index (κ3) is 4.35. The zero-order valence-corrected chi connectivity index (χ0v) is 13.2. The molecule has 1 aliphatic carbocycles. The van der Waals surface area contributed by atoms with Gasteiger partial charge in [-0.05, 0) is 43.9 Å². The lowest BCUT2D eigenvalue weighted by Gasteiger charge is -2.27. The molecule has 4 nitrogen and oxygen atoms in total. The van der Waals surface area contributed by atoms with Crippen molar-refractivity contribution in [1.29, 1.82) is 0 Å². The summed E-state index contributed by atoms with van der Waals surface area (Å²) in [6.45, 7) is 0. The van der Waals surface area contributed by atoms with Gasteiger partial charge in [-0.1, -0.05) is 23.2 Å². The second kappa shape index (κ2) is 7.14. The number of methoxy groups -OCH3 is 1. The fourth-order valence-electron chi connectivity index (χ4n) is 2.59. The number of nitrogens with one attached hydrogen (secondary N) is 1. The van der Waals surface area contributed by atoms with Crippen LogP contribution in [-0.2, 0) is 9.53 Å². The molecule has 0 heterocycles. The largest absolute Gasteiger partial charge is 0.469 e. The minimum Gasteiger partial charge on any atom is -0.469 e. The molecule has 2 rings (SSSR count). The highest BCUT2D eigenvalue weighted by molar-refractivity contribution is 6.35. The van der Waals surface area contributed by atoms with Crippen molar-refractivity contribution in [3.8, 4) is 0 Å². The molecule has 1 fully saturated rings. The van der Waals surface area contributed by atoms with E-state index in [9.17, 15) is 9.59 Å². The van der Waals surface area contributed by atoms with E-state index in [0.29, 0.717) is 15.6 Å². The van der Waals surface area contributed by atoms with Crippen LogP contribution < -0.4 is 5.32 Å². The number of amides is 1. The van der Waals surface area contributed by atoms with Gasteiger partial charge in [-0.3, -0.25) is 9.59 Å². The lowest BCUT2D eigenvalue weighted by Crippen LogP contribution is -2.38. The molecule has 1 N–H and O–H groups in total. The van der Waals surface area contributed by atoms with Crippen LogP contribution in [0.25, 0.3) is 0 Å². The number of carbonyl (C=O) groups is 2. The smallest absolute Gasteiger partial charge is 0.308 e. The predicted molar refractivity (Wildman–Crippen MR) is 81.7 cm³/mol. The second-order valence-corrected chi connectivity index (χ2v) is 6.08. The molecule has 1 aromatic carbocycles. The van der Waals surface area contributed by atoms with Crippen LogP contribution in [0.3, 0.4) is 0 Å². The summed E-state index contributed by atoms with van der Waals surface area (Å²) < 4.78 is 4.75. The molecule has 1 aliphatic rings. The van der Waals surface area contributed by atoms with Crippen LogP contribution in [0.5, 0.6) is 0 Å². The van der Waals surface area contributed by atoms with Crippen molar-refractivity contribution < 1.29 is 14.3 Å². The van der Waals surface area contributed by atoms with Gasteiger partial charge in [-0.25, -0.2) is 0 Å². The standard InChI is InChI=1S/C15H17Cl2NO3/c1-21-15(20)9-2-4-13(5-3-9)18-14(19)10-6-11(16)8-12(17)7-10/h6-9,13H,2-5H2,1H3,(H,18,19). The third-order valence-electron chi connectivity index (χ3n) is 3.72. The molecule has 1 amide bonds. The van der Waals surface area contributed by atoms with Crippen LogP contribution >= 0.6 is 23.2 Å². The first-order valence-electron chi connectivity index (χ1n) is 6.84. The number of rotatable bonds is 3. The maximum Gasteiger partial charge on any atom is 0.308 e. The molecule has 0 unspecified atom stereocenters. The summed E-state index contributed by atoms with van der Waals surface area (Å²) in [6.07, 6.45) is 2.99. The van der Waals surface area contributed by atoms with Gasteiger partial charge in [0.05, 0.1) is 13.0 Å². The number of carbonyl (C=O) groups excluding carboxylic acids is 2. The Hall–Kier alpha value is -1.26. The number of hydrogen-bond donors (Lipinski definition) is 1. The monoisotopic (exact) mass is 329 g/mol. The van der Waals surface area contributed by atoms with Gasteiger partial charge in [0, 0.05) is 21.7 Å². The van der Waals surface area contributed by atoms with E-state index in [1.165, 1.54) is 7.11 Å². The summed E-state index contributed by atoms with van der Waals surface area (Å²) in [5, 5.41) is 3.82. The fourth-order valence-corrected chi connectivity index (χ4v) is 3.12. The highest BCUT2D eigenvalue weighted by Crippen LogP contribution is 2.26. The van der Waals surface area contributed by atoms with Gasteiger partial charge >= 0.3 is 5.97 Å². The zero-order valence-electron chi connectivity index (χ0n) is 11.7. The summed E-state index contributed by atoms with van der Waals surface area (Å²) in [5.74, 6) is -0.411. The van der Waals surface area contributed by atoms with Crippen molar-refractivity contribution in [2.45, 2.75) is 31.7 Å². The molecule has 0 spiro atoms. The molecule has 0 aliphatic heterocycles. The van der Waals surface area contributed by atoms with E-state index in [4.69, 9.17) is 27.9 Å². The predicted octanol–water partition coefficient (Wildman–Crippen LogP) is 3.46. The Balaban J connectivity index is 1.91. The summed E-state index contributed by atoms with van der Waals surface area (Å²) in [4.78, 5) is 23.6. The second-order valence-electron chi connectivity index (χ2n) is 5.20. The first-order chi connectivity index (χ1) is 9.99. The van der Waals surface area contributed by atoms with Crippen LogP contribution in [0, 0.1) is 5.92 Å².